The first-order valence-electron chi connectivity index (χ1n) is 8.55. The predicted molar refractivity (Wildman–Crippen MR) is 109 cm³/mol. The molecule has 0 aliphatic rings. The molecule has 146 valence electrons. The van der Waals surface area contributed by atoms with Gasteiger partial charge in [-0.15, -0.1) is 12.4 Å². The Kier molecular flexibility index (Phi) is 10.1. The largest absolute Gasteiger partial charge is 0.383 e. The first-order chi connectivity index (χ1) is 12.6. The fourth-order valence-electron chi connectivity index (χ4n) is 2.43. The Labute approximate surface area is 166 Å². The summed E-state index contributed by atoms with van der Waals surface area (Å²) in [4.78, 5) is 24.2. The van der Waals surface area contributed by atoms with Crippen LogP contribution in [0, 0.1) is 0 Å². The average Bonchev–Trinajstić information content (AvgIpc) is 2.66. The van der Waals surface area contributed by atoms with E-state index in [0.29, 0.717) is 24.4 Å². The number of nitrogens with one attached hydrogen (secondary N) is 3. The molecule has 2 aromatic rings. The molecule has 27 heavy (non-hydrogen) atoms. The molecule has 0 aliphatic carbocycles. The quantitative estimate of drug-likeness (QED) is 0.574. The van der Waals surface area contributed by atoms with Gasteiger partial charge < -0.3 is 20.7 Å². The summed E-state index contributed by atoms with van der Waals surface area (Å²) in [7, 11) is 1.62. The van der Waals surface area contributed by atoms with E-state index >= 15 is 0 Å². The first kappa shape index (κ1) is 22.6. The number of amides is 2. The number of rotatable bonds is 9. The van der Waals surface area contributed by atoms with Crippen LogP contribution in [0.1, 0.15) is 28.9 Å². The van der Waals surface area contributed by atoms with E-state index in [0.717, 1.165) is 5.56 Å². The molecule has 0 radical (unpaired) electrons. The van der Waals surface area contributed by atoms with Gasteiger partial charge in [-0.05, 0) is 36.8 Å². The Bertz CT molecular complexity index is 725. The molecule has 7 heteroatoms. The lowest BCUT2D eigenvalue weighted by Gasteiger charge is -2.16. The summed E-state index contributed by atoms with van der Waals surface area (Å²) in [6, 6.07) is 16.3. The van der Waals surface area contributed by atoms with E-state index < -0.39 is 0 Å². The summed E-state index contributed by atoms with van der Waals surface area (Å²) >= 11 is 0. The van der Waals surface area contributed by atoms with Gasteiger partial charge >= 0.3 is 0 Å². The van der Waals surface area contributed by atoms with Gasteiger partial charge in [0.05, 0.1) is 19.2 Å². The fraction of sp³-hybridized carbons (Fsp3) is 0.300. The SMILES string of the molecule is COCCNCC(=O)NC(C)c1cccc(NC(=O)c2ccccc2)c1.Cl. The minimum absolute atomic E-state index is 0. The summed E-state index contributed by atoms with van der Waals surface area (Å²) in [6.07, 6.45) is 0. The Morgan fingerprint density at radius 3 is 2.52 bits per heavy atom. The number of hydrogen-bond donors (Lipinski definition) is 3. The number of benzene rings is 2. The molecule has 0 bridgehead atoms. The number of carbonyl (C=O) groups excluding carboxylic acids is 2. The van der Waals surface area contributed by atoms with Crippen molar-refractivity contribution in [1.29, 1.82) is 0 Å². The zero-order valence-corrected chi connectivity index (χ0v) is 16.3. The van der Waals surface area contributed by atoms with Crippen LogP contribution in [-0.2, 0) is 9.53 Å². The molecule has 2 amide bonds. The second-order valence-electron chi connectivity index (χ2n) is 5.90. The molecule has 0 aliphatic heterocycles. The maximum Gasteiger partial charge on any atom is 0.255 e. The zero-order chi connectivity index (χ0) is 18.8. The summed E-state index contributed by atoms with van der Waals surface area (Å²) in [6.45, 7) is 3.33. The van der Waals surface area contributed by atoms with Crippen molar-refractivity contribution in [1.82, 2.24) is 10.6 Å². The van der Waals surface area contributed by atoms with Gasteiger partial charge in [-0.3, -0.25) is 9.59 Å². The topological polar surface area (TPSA) is 79.5 Å². The molecule has 0 saturated heterocycles. The fourth-order valence-corrected chi connectivity index (χ4v) is 2.43. The lowest BCUT2D eigenvalue weighted by molar-refractivity contribution is -0.120. The molecule has 1 atom stereocenters. The monoisotopic (exact) mass is 391 g/mol. The van der Waals surface area contributed by atoms with E-state index in [1.165, 1.54) is 0 Å². The van der Waals surface area contributed by atoms with Crippen molar-refractivity contribution in [3.05, 3.63) is 65.7 Å². The predicted octanol–water partition coefficient (Wildman–Crippen LogP) is 2.77. The first-order valence-corrected chi connectivity index (χ1v) is 8.55. The third kappa shape index (κ3) is 7.78. The molecule has 0 fully saturated rings. The van der Waals surface area contributed by atoms with E-state index in [-0.39, 0.29) is 36.8 Å². The number of anilines is 1. The average molecular weight is 392 g/mol. The van der Waals surface area contributed by atoms with Gasteiger partial charge in [-0.1, -0.05) is 30.3 Å². The molecule has 6 nitrogen and oxygen atoms in total. The summed E-state index contributed by atoms with van der Waals surface area (Å²) < 4.78 is 4.92. The number of ether oxygens (including phenoxy) is 1. The Hall–Kier alpha value is -2.41. The van der Waals surface area contributed by atoms with E-state index in [9.17, 15) is 9.59 Å². The number of carbonyl (C=O) groups is 2. The van der Waals surface area contributed by atoms with Gasteiger partial charge in [0.2, 0.25) is 5.91 Å². The highest BCUT2D eigenvalue weighted by Crippen LogP contribution is 2.18. The van der Waals surface area contributed by atoms with E-state index in [1.807, 2.05) is 49.4 Å². The van der Waals surface area contributed by atoms with Gasteiger partial charge in [0.1, 0.15) is 0 Å². The molecular weight excluding hydrogens is 366 g/mol. The number of hydrogen-bond acceptors (Lipinski definition) is 4. The van der Waals surface area contributed by atoms with Crippen LogP contribution in [0.5, 0.6) is 0 Å². The summed E-state index contributed by atoms with van der Waals surface area (Å²) in [5.41, 5.74) is 2.21. The normalized spacial score (nSPS) is 11.2. The van der Waals surface area contributed by atoms with Crippen molar-refractivity contribution in [2.75, 3.05) is 32.1 Å². The van der Waals surface area contributed by atoms with Crippen LogP contribution in [0.25, 0.3) is 0 Å². The third-order valence-corrected chi connectivity index (χ3v) is 3.83. The van der Waals surface area contributed by atoms with Crippen LogP contribution >= 0.6 is 12.4 Å². The van der Waals surface area contributed by atoms with Gasteiger partial charge in [0, 0.05) is 24.9 Å². The Morgan fingerprint density at radius 1 is 1.07 bits per heavy atom. The molecule has 1 unspecified atom stereocenters. The van der Waals surface area contributed by atoms with E-state index in [1.54, 1.807) is 19.2 Å². The lowest BCUT2D eigenvalue weighted by Crippen LogP contribution is -2.36. The highest BCUT2D eigenvalue weighted by atomic mass is 35.5. The van der Waals surface area contributed by atoms with E-state index in [2.05, 4.69) is 16.0 Å². The second-order valence-corrected chi connectivity index (χ2v) is 5.90. The van der Waals surface area contributed by atoms with E-state index in [4.69, 9.17) is 4.74 Å². The lowest BCUT2D eigenvalue weighted by atomic mass is 10.1. The summed E-state index contributed by atoms with van der Waals surface area (Å²) in [5, 5.41) is 8.81. The highest BCUT2D eigenvalue weighted by Gasteiger charge is 2.11. The molecule has 3 N–H and O–H groups in total. The van der Waals surface area contributed by atoms with Crippen LogP contribution < -0.4 is 16.0 Å². The van der Waals surface area contributed by atoms with Gasteiger partial charge in [-0.25, -0.2) is 0 Å². The number of methoxy groups -OCH3 is 1. The highest BCUT2D eigenvalue weighted by molar-refractivity contribution is 6.04. The van der Waals surface area contributed by atoms with Crippen LogP contribution in [0.4, 0.5) is 5.69 Å². The Balaban J connectivity index is 0.00000364. The van der Waals surface area contributed by atoms with Crippen molar-refractivity contribution in [2.45, 2.75) is 13.0 Å². The maximum atomic E-state index is 12.2. The standard InChI is InChI=1S/C20H25N3O3.ClH/c1-15(22-19(24)14-21-11-12-26-2)17-9-6-10-18(13-17)23-20(25)16-7-4-3-5-8-16;/h3-10,13,15,21H,11-12,14H2,1-2H3,(H,22,24)(H,23,25);1H. The van der Waals surface area contributed by atoms with Crippen LogP contribution in [0.3, 0.4) is 0 Å². The smallest absolute Gasteiger partial charge is 0.255 e. The van der Waals surface area contributed by atoms with Crippen molar-refractivity contribution in [3.63, 3.8) is 0 Å². The van der Waals surface area contributed by atoms with Crippen LogP contribution in [0.2, 0.25) is 0 Å². The second kappa shape index (κ2) is 12.1. The summed E-state index contributed by atoms with van der Waals surface area (Å²) in [5.74, 6) is -0.255. The Morgan fingerprint density at radius 2 is 1.81 bits per heavy atom. The number of halogens is 1. The van der Waals surface area contributed by atoms with Gasteiger partial charge in [-0.2, -0.15) is 0 Å². The zero-order valence-electron chi connectivity index (χ0n) is 15.5. The molecular formula is C20H26ClN3O3. The maximum absolute atomic E-state index is 12.2. The molecule has 0 saturated carbocycles. The molecule has 0 spiro atoms. The minimum Gasteiger partial charge on any atom is -0.383 e. The van der Waals surface area contributed by atoms with Crippen molar-refractivity contribution in [2.24, 2.45) is 0 Å². The van der Waals surface area contributed by atoms with Gasteiger partial charge in [0.15, 0.2) is 0 Å². The third-order valence-electron chi connectivity index (χ3n) is 3.83. The van der Waals surface area contributed by atoms with Crippen molar-refractivity contribution in [3.8, 4) is 0 Å². The van der Waals surface area contributed by atoms with Gasteiger partial charge in [0.25, 0.3) is 5.91 Å². The van der Waals surface area contributed by atoms with Crippen LogP contribution in [-0.4, -0.2) is 38.6 Å². The molecule has 0 heterocycles. The van der Waals surface area contributed by atoms with Crippen molar-refractivity contribution < 1.29 is 14.3 Å². The van der Waals surface area contributed by atoms with Crippen molar-refractivity contribution >= 4 is 29.9 Å². The minimum atomic E-state index is -0.166. The van der Waals surface area contributed by atoms with Crippen LogP contribution in [0.15, 0.2) is 54.6 Å². The molecule has 2 rings (SSSR count). The molecule has 0 aromatic heterocycles. The molecule has 2 aromatic carbocycles.